The van der Waals surface area contributed by atoms with Crippen LogP contribution in [0.25, 0.3) is 10.2 Å². The maximum absolute atomic E-state index is 10.9. The molecule has 0 saturated heterocycles. The Hall–Kier alpha value is -1.36. The Balaban J connectivity index is 2.07. The molecule has 0 radical (unpaired) electrons. The molecule has 10 heteroatoms. The van der Waals surface area contributed by atoms with Gasteiger partial charge in [-0.2, -0.15) is 0 Å². The van der Waals surface area contributed by atoms with Gasteiger partial charge < -0.3 is 24.5 Å². The summed E-state index contributed by atoms with van der Waals surface area (Å²) in [5.74, 6) is -2.90. The molecular formula is C15H14N2O5S3-2. The van der Waals surface area contributed by atoms with Crippen LogP contribution < -0.4 is 10.2 Å². The normalized spacial score (nSPS) is 15.9. The fourth-order valence-corrected chi connectivity index (χ4v) is 5.12. The van der Waals surface area contributed by atoms with Crippen molar-refractivity contribution in [2.45, 2.75) is 42.7 Å². The fourth-order valence-electron chi connectivity index (χ4n) is 2.51. The number of carboxylic acid groups (broad SMARTS) is 2. The summed E-state index contributed by atoms with van der Waals surface area (Å²) in [5, 5.41) is 23.2. The third-order valence-electron chi connectivity index (χ3n) is 3.52. The molecular weight excluding hydrogens is 384 g/mol. The molecule has 0 amide bonds. The van der Waals surface area contributed by atoms with Crippen LogP contribution in [0.3, 0.4) is 0 Å². The molecule has 3 rings (SSSR count). The first kappa shape index (κ1) is 18.4. The van der Waals surface area contributed by atoms with Crippen LogP contribution in [0.4, 0.5) is 0 Å². The van der Waals surface area contributed by atoms with E-state index in [2.05, 4.69) is 9.97 Å². The number of ether oxygens (including phenoxy) is 1. The number of hydrogen-bond donors (Lipinski definition) is 0. The Morgan fingerprint density at radius 1 is 1.20 bits per heavy atom. The number of carbonyl (C=O) groups is 2. The van der Waals surface area contributed by atoms with Crippen LogP contribution in [-0.4, -0.2) is 39.0 Å². The Labute approximate surface area is 156 Å². The highest BCUT2D eigenvalue weighted by molar-refractivity contribution is 8.00. The summed E-state index contributed by atoms with van der Waals surface area (Å²) >= 11 is 3.48. The average molecular weight is 398 g/mol. The number of nitrogens with zero attached hydrogens (tertiary/aromatic N) is 2. The third kappa shape index (κ3) is 4.25. The number of carboxylic acids is 2. The van der Waals surface area contributed by atoms with Crippen LogP contribution in [-0.2, 0) is 27.4 Å². The van der Waals surface area contributed by atoms with Gasteiger partial charge in [0, 0.05) is 28.2 Å². The average Bonchev–Trinajstić information content (AvgIpc) is 2.87. The molecule has 25 heavy (non-hydrogen) atoms. The molecule has 1 aliphatic heterocycles. The maximum atomic E-state index is 10.9. The lowest BCUT2D eigenvalue weighted by Gasteiger charge is -2.30. The SMILES string of the molecule is CC1(C)Cc2c(sc3nc(SCC(=O)[O-])nc(SCC(=O)[O-])c23)CO1. The number of thiophene rings is 1. The minimum Gasteiger partial charge on any atom is -0.549 e. The van der Waals surface area contributed by atoms with Crippen LogP contribution in [0, 0.1) is 0 Å². The molecule has 7 nitrogen and oxygen atoms in total. The van der Waals surface area contributed by atoms with Gasteiger partial charge in [-0.15, -0.1) is 11.3 Å². The van der Waals surface area contributed by atoms with Gasteiger partial charge in [0.2, 0.25) is 0 Å². The Bertz CT molecular complexity index is 849. The first-order valence-corrected chi connectivity index (χ1v) is 10.2. The summed E-state index contributed by atoms with van der Waals surface area (Å²) in [5.41, 5.74) is 0.758. The van der Waals surface area contributed by atoms with Crippen LogP contribution in [0.2, 0.25) is 0 Å². The molecule has 0 aromatic carbocycles. The first-order valence-electron chi connectivity index (χ1n) is 7.37. The minimum absolute atomic E-state index is 0.235. The van der Waals surface area contributed by atoms with Crippen molar-refractivity contribution in [2.75, 3.05) is 11.5 Å². The molecule has 2 aromatic rings. The zero-order valence-corrected chi connectivity index (χ0v) is 15.9. The lowest BCUT2D eigenvalue weighted by atomic mass is 9.95. The second-order valence-electron chi connectivity index (χ2n) is 6.04. The molecule has 0 saturated carbocycles. The molecule has 3 heterocycles. The molecule has 0 unspecified atom stereocenters. The van der Waals surface area contributed by atoms with E-state index in [0.29, 0.717) is 22.9 Å². The van der Waals surface area contributed by atoms with Gasteiger partial charge in [0.25, 0.3) is 0 Å². The fraction of sp³-hybridized carbons (Fsp3) is 0.467. The first-order chi connectivity index (χ1) is 11.7. The van der Waals surface area contributed by atoms with Crippen molar-refractivity contribution >= 4 is 57.0 Å². The number of carbonyl (C=O) groups excluding carboxylic acids is 2. The maximum Gasteiger partial charge on any atom is 0.190 e. The van der Waals surface area contributed by atoms with Crippen LogP contribution in [0.1, 0.15) is 24.3 Å². The Morgan fingerprint density at radius 3 is 2.56 bits per heavy atom. The van der Waals surface area contributed by atoms with Crippen molar-refractivity contribution in [1.29, 1.82) is 0 Å². The van der Waals surface area contributed by atoms with Crippen molar-refractivity contribution in [3.63, 3.8) is 0 Å². The summed E-state index contributed by atoms with van der Waals surface area (Å²) < 4.78 is 5.83. The number of rotatable bonds is 6. The van der Waals surface area contributed by atoms with E-state index in [0.717, 1.165) is 39.4 Å². The zero-order chi connectivity index (χ0) is 18.2. The standard InChI is InChI=1S/C15H16N2O5S3/c1-15(2)3-7-8(4-22-15)25-13-11(7)12(23-5-9(18)19)16-14(17-13)24-6-10(20)21/h3-6H2,1-2H3,(H,18,19)(H,20,21)/p-2. The quantitative estimate of drug-likeness (QED) is 0.383. The number of thioether (sulfide) groups is 2. The van der Waals surface area contributed by atoms with Gasteiger partial charge in [0.15, 0.2) is 5.16 Å². The van der Waals surface area contributed by atoms with Gasteiger partial charge >= 0.3 is 0 Å². The zero-order valence-electron chi connectivity index (χ0n) is 13.5. The van der Waals surface area contributed by atoms with Crippen molar-refractivity contribution in [3.05, 3.63) is 10.4 Å². The molecule has 0 fully saturated rings. The van der Waals surface area contributed by atoms with E-state index < -0.39 is 11.9 Å². The number of fused-ring (bicyclic) bond motifs is 3. The molecule has 1 aliphatic rings. The van der Waals surface area contributed by atoms with Gasteiger partial charge in [-0.05, 0) is 19.4 Å². The molecule has 0 bridgehead atoms. The Morgan fingerprint density at radius 2 is 1.88 bits per heavy atom. The van der Waals surface area contributed by atoms with E-state index in [9.17, 15) is 19.8 Å². The topological polar surface area (TPSA) is 115 Å². The number of aliphatic carboxylic acids is 2. The predicted octanol–water partition coefficient (Wildman–Crippen LogP) is 0.227. The largest absolute Gasteiger partial charge is 0.549 e. The summed E-state index contributed by atoms with van der Waals surface area (Å²) in [4.78, 5) is 32.1. The van der Waals surface area contributed by atoms with E-state index in [1.165, 1.54) is 11.3 Å². The molecule has 0 spiro atoms. The van der Waals surface area contributed by atoms with Gasteiger partial charge in [-0.25, -0.2) is 9.97 Å². The Kier molecular flexibility index (Phi) is 5.24. The van der Waals surface area contributed by atoms with Crippen LogP contribution in [0.15, 0.2) is 10.2 Å². The lowest BCUT2D eigenvalue weighted by Crippen LogP contribution is -2.31. The van der Waals surface area contributed by atoms with Gasteiger partial charge in [-0.3, -0.25) is 0 Å². The van der Waals surface area contributed by atoms with Gasteiger partial charge in [0.05, 0.1) is 24.1 Å². The minimum atomic E-state index is -1.21. The van der Waals surface area contributed by atoms with Crippen LogP contribution >= 0.6 is 34.9 Å². The van der Waals surface area contributed by atoms with Crippen LogP contribution in [0.5, 0.6) is 0 Å². The molecule has 0 N–H and O–H groups in total. The van der Waals surface area contributed by atoms with Crippen molar-refractivity contribution in [2.24, 2.45) is 0 Å². The van der Waals surface area contributed by atoms with Crippen molar-refractivity contribution in [1.82, 2.24) is 9.97 Å². The molecule has 2 aromatic heterocycles. The van der Waals surface area contributed by atoms with E-state index >= 15 is 0 Å². The summed E-state index contributed by atoms with van der Waals surface area (Å²) in [6.45, 7) is 4.46. The third-order valence-corrected chi connectivity index (χ3v) is 6.39. The molecule has 134 valence electrons. The van der Waals surface area contributed by atoms with E-state index in [1.807, 2.05) is 13.8 Å². The molecule has 0 atom stereocenters. The lowest BCUT2D eigenvalue weighted by molar-refractivity contribution is -0.302. The van der Waals surface area contributed by atoms with Gasteiger partial charge in [0.1, 0.15) is 9.86 Å². The highest BCUT2D eigenvalue weighted by atomic mass is 32.2. The highest BCUT2D eigenvalue weighted by Crippen LogP contribution is 2.42. The smallest absolute Gasteiger partial charge is 0.190 e. The van der Waals surface area contributed by atoms with E-state index in [1.54, 1.807) is 0 Å². The van der Waals surface area contributed by atoms with E-state index in [4.69, 9.17) is 4.74 Å². The summed E-state index contributed by atoms with van der Waals surface area (Å²) in [7, 11) is 0. The predicted molar refractivity (Wildman–Crippen MR) is 91.4 cm³/mol. The number of hydrogen-bond acceptors (Lipinski definition) is 10. The monoisotopic (exact) mass is 398 g/mol. The highest BCUT2D eigenvalue weighted by Gasteiger charge is 2.31. The van der Waals surface area contributed by atoms with Crippen molar-refractivity contribution in [3.8, 4) is 0 Å². The summed E-state index contributed by atoms with van der Waals surface area (Å²) in [6.07, 6.45) is 0.677. The second-order valence-corrected chi connectivity index (χ2v) is 9.03. The molecule has 0 aliphatic carbocycles. The summed E-state index contributed by atoms with van der Waals surface area (Å²) in [6, 6.07) is 0. The number of aromatic nitrogens is 2. The van der Waals surface area contributed by atoms with Gasteiger partial charge in [-0.1, -0.05) is 23.5 Å². The van der Waals surface area contributed by atoms with E-state index in [-0.39, 0.29) is 22.3 Å². The van der Waals surface area contributed by atoms with Crippen molar-refractivity contribution < 1.29 is 24.5 Å². The second kappa shape index (κ2) is 7.10.